The molecule has 19 heavy (non-hydrogen) atoms. The summed E-state index contributed by atoms with van der Waals surface area (Å²) in [7, 11) is 0. The van der Waals surface area contributed by atoms with Crippen LogP contribution < -0.4 is 4.90 Å². The van der Waals surface area contributed by atoms with Crippen molar-refractivity contribution in [3.63, 3.8) is 0 Å². The predicted molar refractivity (Wildman–Crippen MR) is 81.0 cm³/mol. The molecule has 0 aliphatic carbocycles. The lowest BCUT2D eigenvalue weighted by Gasteiger charge is -2.34. The molecule has 102 valence electrons. The average molecular weight is 257 g/mol. The first-order valence-corrected chi connectivity index (χ1v) is 6.92. The highest BCUT2D eigenvalue weighted by Crippen LogP contribution is 2.36. The van der Waals surface area contributed by atoms with E-state index in [0.29, 0.717) is 0 Å². The third kappa shape index (κ3) is 2.58. The zero-order valence-corrected chi connectivity index (χ0v) is 12.5. The molecule has 0 aromatic heterocycles. The summed E-state index contributed by atoms with van der Waals surface area (Å²) in [4.78, 5) is 14.8. The third-order valence-corrected chi connectivity index (χ3v) is 3.62. The van der Waals surface area contributed by atoms with E-state index in [0.717, 1.165) is 11.3 Å². The lowest BCUT2D eigenvalue weighted by atomic mass is 9.79. The molecular formula is C17H23NO. The highest BCUT2D eigenvalue weighted by Gasteiger charge is 2.35. The van der Waals surface area contributed by atoms with Gasteiger partial charge >= 0.3 is 0 Å². The fourth-order valence-corrected chi connectivity index (χ4v) is 2.59. The maximum Gasteiger partial charge on any atom is 0.234 e. The molecule has 1 aromatic rings. The SMILES string of the molecule is CC(C)N1C(=O)C(C(C)(C)C)C=Cc2ccccc21. The second-order valence-corrected chi connectivity index (χ2v) is 6.56. The van der Waals surface area contributed by atoms with Crippen LogP contribution in [0.4, 0.5) is 5.69 Å². The molecule has 1 aromatic carbocycles. The Hall–Kier alpha value is -1.57. The van der Waals surface area contributed by atoms with Crippen LogP contribution in [-0.2, 0) is 4.79 Å². The number of nitrogens with zero attached hydrogens (tertiary/aromatic N) is 1. The molecule has 0 radical (unpaired) electrons. The van der Waals surface area contributed by atoms with Gasteiger partial charge in [0, 0.05) is 6.04 Å². The Labute approximate surface area is 116 Å². The molecule has 1 aliphatic rings. The number of para-hydroxylation sites is 1. The molecule has 1 aliphatic heterocycles. The van der Waals surface area contributed by atoms with Gasteiger partial charge in [0.15, 0.2) is 0 Å². The van der Waals surface area contributed by atoms with E-state index in [-0.39, 0.29) is 23.3 Å². The van der Waals surface area contributed by atoms with Gasteiger partial charge in [-0.3, -0.25) is 4.79 Å². The van der Waals surface area contributed by atoms with E-state index in [4.69, 9.17) is 0 Å². The highest BCUT2D eigenvalue weighted by atomic mass is 16.2. The van der Waals surface area contributed by atoms with E-state index in [2.05, 4.69) is 52.8 Å². The predicted octanol–water partition coefficient (Wildman–Crippen LogP) is 4.12. The summed E-state index contributed by atoms with van der Waals surface area (Å²) in [6, 6.07) is 8.27. The first-order valence-electron chi connectivity index (χ1n) is 6.92. The van der Waals surface area contributed by atoms with E-state index in [1.165, 1.54) is 0 Å². The van der Waals surface area contributed by atoms with Crippen molar-refractivity contribution in [2.45, 2.75) is 40.7 Å². The van der Waals surface area contributed by atoms with Crippen LogP contribution in [0.5, 0.6) is 0 Å². The largest absolute Gasteiger partial charge is 0.309 e. The van der Waals surface area contributed by atoms with Crippen molar-refractivity contribution in [3.8, 4) is 0 Å². The summed E-state index contributed by atoms with van der Waals surface area (Å²) in [5.74, 6) is 0.117. The molecular weight excluding hydrogens is 234 g/mol. The van der Waals surface area contributed by atoms with Crippen LogP contribution in [0.25, 0.3) is 6.08 Å². The van der Waals surface area contributed by atoms with Crippen molar-refractivity contribution in [2.75, 3.05) is 4.90 Å². The van der Waals surface area contributed by atoms with E-state index in [9.17, 15) is 4.79 Å². The first kappa shape index (κ1) is 13.9. The zero-order valence-electron chi connectivity index (χ0n) is 12.5. The van der Waals surface area contributed by atoms with Crippen LogP contribution in [0.15, 0.2) is 30.3 Å². The van der Waals surface area contributed by atoms with Crippen molar-refractivity contribution < 1.29 is 4.79 Å². The van der Waals surface area contributed by atoms with Crippen molar-refractivity contribution in [1.82, 2.24) is 0 Å². The van der Waals surface area contributed by atoms with Gasteiger partial charge < -0.3 is 4.90 Å². The molecule has 1 unspecified atom stereocenters. The van der Waals surface area contributed by atoms with Gasteiger partial charge in [-0.1, -0.05) is 51.1 Å². The fourth-order valence-electron chi connectivity index (χ4n) is 2.59. The van der Waals surface area contributed by atoms with Gasteiger partial charge in [0.2, 0.25) is 5.91 Å². The van der Waals surface area contributed by atoms with Gasteiger partial charge in [0.05, 0.1) is 11.6 Å². The van der Waals surface area contributed by atoms with E-state index < -0.39 is 0 Å². The number of benzene rings is 1. The van der Waals surface area contributed by atoms with E-state index >= 15 is 0 Å². The fraction of sp³-hybridized carbons (Fsp3) is 0.471. The normalized spacial score (nSPS) is 19.6. The van der Waals surface area contributed by atoms with Gasteiger partial charge in [0.25, 0.3) is 0 Å². The molecule has 1 heterocycles. The molecule has 0 bridgehead atoms. The second-order valence-electron chi connectivity index (χ2n) is 6.56. The number of rotatable bonds is 1. The molecule has 0 fully saturated rings. The number of amides is 1. The molecule has 0 saturated carbocycles. The van der Waals surface area contributed by atoms with Gasteiger partial charge in [-0.05, 0) is 30.9 Å². The van der Waals surface area contributed by atoms with Crippen LogP contribution in [0.2, 0.25) is 0 Å². The quantitative estimate of drug-likeness (QED) is 0.741. The van der Waals surface area contributed by atoms with Crippen LogP contribution >= 0.6 is 0 Å². The van der Waals surface area contributed by atoms with Gasteiger partial charge in [0.1, 0.15) is 0 Å². The molecule has 1 amide bonds. The minimum atomic E-state index is -0.0812. The first-order chi connectivity index (χ1) is 8.82. The Balaban J connectivity index is 2.56. The van der Waals surface area contributed by atoms with Crippen molar-refractivity contribution in [3.05, 3.63) is 35.9 Å². The van der Waals surface area contributed by atoms with Crippen LogP contribution in [0.1, 0.15) is 40.2 Å². The highest BCUT2D eigenvalue weighted by molar-refractivity contribution is 6.00. The number of hydrogen-bond donors (Lipinski definition) is 0. The standard InChI is InChI=1S/C17H23NO/c1-12(2)18-15-9-7-6-8-13(15)10-11-14(16(18)19)17(3,4)5/h6-12,14H,1-5H3. The topological polar surface area (TPSA) is 20.3 Å². The van der Waals surface area contributed by atoms with Crippen LogP contribution in [0, 0.1) is 11.3 Å². The van der Waals surface area contributed by atoms with Crippen molar-refractivity contribution in [2.24, 2.45) is 11.3 Å². The average Bonchev–Trinajstić information content (AvgIpc) is 2.43. The molecule has 1 atom stereocenters. The minimum absolute atomic E-state index is 0.0667. The Bertz CT molecular complexity index is 508. The maximum absolute atomic E-state index is 12.9. The van der Waals surface area contributed by atoms with Crippen LogP contribution in [-0.4, -0.2) is 11.9 Å². The smallest absolute Gasteiger partial charge is 0.234 e. The monoisotopic (exact) mass is 257 g/mol. The van der Waals surface area contributed by atoms with E-state index in [1.54, 1.807) is 0 Å². The summed E-state index contributed by atoms with van der Waals surface area (Å²) in [6.07, 6.45) is 4.15. The van der Waals surface area contributed by atoms with Gasteiger partial charge in [-0.2, -0.15) is 0 Å². The molecule has 2 nitrogen and oxygen atoms in total. The number of hydrogen-bond acceptors (Lipinski definition) is 1. The number of carbonyl (C=O) groups is 1. The Kier molecular flexibility index (Phi) is 3.53. The Morgan fingerprint density at radius 3 is 2.37 bits per heavy atom. The molecule has 0 saturated heterocycles. The third-order valence-electron chi connectivity index (χ3n) is 3.62. The summed E-state index contributed by atoms with van der Waals surface area (Å²) in [5.41, 5.74) is 2.07. The van der Waals surface area contributed by atoms with Gasteiger partial charge in [-0.15, -0.1) is 0 Å². The van der Waals surface area contributed by atoms with Crippen LogP contribution in [0.3, 0.4) is 0 Å². The Morgan fingerprint density at radius 2 is 1.79 bits per heavy atom. The van der Waals surface area contributed by atoms with E-state index in [1.807, 2.05) is 23.1 Å². The summed E-state index contributed by atoms with van der Waals surface area (Å²) in [5, 5.41) is 0. The number of carbonyl (C=O) groups excluding carboxylic acids is 1. The molecule has 0 N–H and O–H groups in total. The molecule has 2 rings (SSSR count). The Morgan fingerprint density at radius 1 is 1.16 bits per heavy atom. The summed E-state index contributed by atoms with van der Waals surface area (Å²) >= 11 is 0. The molecule has 0 spiro atoms. The summed E-state index contributed by atoms with van der Waals surface area (Å²) < 4.78 is 0. The van der Waals surface area contributed by atoms with Crippen molar-refractivity contribution >= 4 is 17.7 Å². The van der Waals surface area contributed by atoms with Gasteiger partial charge in [-0.25, -0.2) is 0 Å². The summed E-state index contributed by atoms with van der Waals surface area (Å²) in [6.45, 7) is 10.5. The lowest BCUT2D eigenvalue weighted by Crippen LogP contribution is -2.43. The minimum Gasteiger partial charge on any atom is -0.309 e. The number of fused-ring (bicyclic) bond motifs is 1. The lowest BCUT2D eigenvalue weighted by molar-refractivity contribution is -0.123. The second kappa shape index (κ2) is 4.84. The molecule has 2 heteroatoms. The zero-order chi connectivity index (χ0) is 14.2. The maximum atomic E-state index is 12.9. The van der Waals surface area contributed by atoms with Crippen molar-refractivity contribution in [1.29, 1.82) is 0 Å². The number of anilines is 1.